The molecule has 1 unspecified atom stereocenters. The zero-order chi connectivity index (χ0) is 14.6. The highest BCUT2D eigenvalue weighted by atomic mass is 16.7. The highest BCUT2D eigenvalue weighted by Gasteiger charge is 2.63. The average molecular weight is 264 g/mol. The molecule has 0 N–H and O–H groups in total. The smallest absolute Gasteiger partial charge is 0.324 e. The van der Waals surface area contributed by atoms with Gasteiger partial charge in [-0.1, -0.05) is 13.8 Å². The Morgan fingerprint density at radius 3 is 1.95 bits per heavy atom. The van der Waals surface area contributed by atoms with E-state index >= 15 is 0 Å². The Bertz CT molecular complexity index is 494. The van der Waals surface area contributed by atoms with Crippen molar-refractivity contribution in [1.82, 2.24) is 0 Å². The van der Waals surface area contributed by atoms with Crippen LogP contribution in [0.25, 0.3) is 0 Å². The second-order valence-electron chi connectivity index (χ2n) is 6.46. The molecule has 1 saturated heterocycles. The van der Waals surface area contributed by atoms with E-state index in [0.717, 1.165) is 11.1 Å². The molecule has 0 aromatic heterocycles. The summed E-state index contributed by atoms with van der Waals surface area (Å²) >= 11 is 0. The van der Waals surface area contributed by atoms with E-state index in [-0.39, 0.29) is 11.3 Å². The Hall–Kier alpha value is -1.54. The van der Waals surface area contributed by atoms with Crippen molar-refractivity contribution < 1.29 is 19.1 Å². The number of carbonyl (C=O) groups excluding carboxylic acids is 2. The summed E-state index contributed by atoms with van der Waals surface area (Å²) in [5.41, 5.74) is 5.05. The summed E-state index contributed by atoms with van der Waals surface area (Å²) < 4.78 is 10.3. The van der Waals surface area contributed by atoms with Crippen LogP contribution in [0.1, 0.15) is 41.5 Å². The van der Waals surface area contributed by atoms with Gasteiger partial charge in [-0.05, 0) is 25.0 Å². The summed E-state index contributed by atoms with van der Waals surface area (Å²) in [7, 11) is 0. The molecule has 0 radical (unpaired) electrons. The lowest BCUT2D eigenvalue weighted by Crippen LogP contribution is -2.47. The Labute approximate surface area is 113 Å². The Morgan fingerprint density at radius 1 is 1.05 bits per heavy atom. The zero-order valence-corrected chi connectivity index (χ0v) is 12.3. The first-order valence-electron chi connectivity index (χ1n) is 6.46. The first-order chi connectivity index (χ1) is 8.56. The second-order valence-corrected chi connectivity index (χ2v) is 6.46. The van der Waals surface area contributed by atoms with Crippen LogP contribution in [-0.2, 0) is 19.1 Å². The third kappa shape index (κ3) is 2.33. The highest BCUT2D eigenvalue weighted by molar-refractivity contribution is 5.98. The standard InChI is InChI=1S/C15H20O4/c1-8(2)7-9-11(14(9,3)4)10-12(16)18-15(5,6)19-13(10)17/h10-11H,1-6H3. The molecule has 2 aliphatic rings. The number of allylic oxidation sites excluding steroid dienone is 1. The van der Waals surface area contributed by atoms with Gasteiger partial charge >= 0.3 is 11.9 Å². The number of ether oxygens (including phenoxy) is 2. The van der Waals surface area contributed by atoms with Gasteiger partial charge in [0.05, 0.1) is 0 Å². The molecule has 2 rings (SSSR count). The first-order valence-corrected chi connectivity index (χ1v) is 6.46. The predicted molar refractivity (Wildman–Crippen MR) is 68.9 cm³/mol. The van der Waals surface area contributed by atoms with Crippen molar-refractivity contribution in [2.24, 2.45) is 17.3 Å². The fourth-order valence-corrected chi connectivity index (χ4v) is 2.67. The Balaban J connectivity index is 2.33. The van der Waals surface area contributed by atoms with E-state index in [0.29, 0.717) is 0 Å². The van der Waals surface area contributed by atoms with Crippen LogP contribution in [0.4, 0.5) is 0 Å². The van der Waals surface area contributed by atoms with Crippen molar-refractivity contribution in [3.63, 3.8) is 0 Å². The maximum atomic E-state index is 12.0. The van der Waals surface area contributed by atoms with Gasteiger partial charge in [0.1, 0.15) is 0 Å². The van der Waals surface area contributed by atoms with Gasteiger partial charge in [0.15, 0.2) is 5.92 Å². The summed E-state index contributed by atoms with van der Waals surface area (Å²) in [6.45, 7) is 11.0. The van der Waals surface area contributed by atoms with Crippen LogP contribution in [0, 0.1) is 17.3 Å². The van der Waals surface area contributed by atoms with Crippen LogP contribution >= 0.6 is 0 Å². The molecule has 104 valence electrons. The lowest BCUT2D eigenvalue weighted by Gasteiger charge is -2.33. The molecule has 1 saturated carbocycles. The lowest BCUT2D eigenvalue weighted by atomic mass is 9.96. The van der Waals surface area contributed by atoms with Gasteiger partial charge in [-0.3, -0.25) is 9.59 Å². The Kier molecular flexibility index (Phi) is 2.90. The molecule has 1 aliphatic carbocycles. The van der Waals surface area contributed by atoms with Gasteiger partial charge in [0.25, 0.3) is 5.79 Å². The first kappa shape index (κ1) is 13.9. The minimum Gasteiger partial charge on any atom is -0.422 e. The summed E-state index contributed by atoms with van der Waals surface area (Å²) in [5, 5.41) is 0. The van der Waals surface area contributed by atoms with Crippen LogP contribution in [0.15, 0.2) is 16.9 Å². The summed E-state index contributed by atoms with van der Waals surface area (Å²) in [4.78, 5) is 24.1. The van der Waals surface area contributed by atoms with Crippen molar-refractivity contribution >= 4 is 11.9 Å². The van der Waals surface area contributed by atoms with E-state index in [9.17, 15) is 9.59 Å². The fourth-order valence-electron chi connectivity index (χ4n) is 2.67. The van der Waals surface area contributed by atoms with Gasteiger partial charge in [-0.15, -0.1) is 5.73 Å². The largest absolute Gasteiger partial charge is 0.422 e. The normalized spacial score (nSPS) is 28.3. The average Bonchev–Trinajstić information content (AvgIpc) is 2.65. The fraction of sp³-hybridized carbons (Fsp3) is 0.667. The van der Waals surface area contributed by atoms with Crippen molar-refractivity contribution in [2.45, 2.75) is 47.3 Å². The van der Waals surface area contributed by atoms with E-state index < -0.39 is 23.6 Å². The molecule has 0 amide bonds. The number of carbonyl (C=O) groups is 2. The topological polar surface area (TPSA) is 52.6 Å². The lowest BCUT2D eigenvalue weighted by molar-refractivity contribution is -0.241. The second kappa shape index (κ2) is 3.97. The molecule has 2 fully saturated rings. The molecule has 19 heavy (non-hydrogen) atoms. The third-order valence-electron chi connectivity index (χ3n) is 3.62. The zero-order valence-electron chi connectivity index (χ0n) is 12.3. The quantitative estimate of drug-likeness (QED) is 0.415. The van der Waals surface area contributed by atoms with Crippen molar-refractivity contribution in [2.75, 3.05) is 0 Å². The number of rotatable bonds is 1. The van der Waals surface area contributed by atoms with Crippen LogP contribution in [-0.4, -0.2) is 17.7 Å². The van der Waals surface area contributed by atoms with Gasteiger partial charge in [-0.25, -0.2) is 0 Å². The van der Waals surface area contributed by atoms with Crippen LogP contribution in [0.5, 0.6) is 0 Å². The van der Waals surface area contributed by atoms with E-state index in [1.165, 1.54) is 0 Å². The maximum absolute atomic E-state index is 12.0. The van der Waals surface area contributed by atoms with E-state index in [2.05, 4.69) is 5.73 Å². The summed E-state index contributed by atoms with van der Waals surface area (Å²) in [6.07, 6.45) is 0. The van der Waals surface area contributed by atoms with E-state index in [4.69, 9.17) is 9.47 Å². The van der Waals surface area contributed by atoms with Crippen molar-refractivity contribution in [1.29, 1.82) is 0 Å². The molecular formula is C15H20O4. The van der Waals surface area contributed by atoms with Gasteiger partial charge in [0.2, 0.25) is 0 Å². The van der Waals surface area contributed by atoms with Crippen molar-refractivity contribution in [3.8, 4) is 0 Å². The SMILES string of the molecule is CC(C)=C=C1C(C2C(=O)OC(C)(C)OC2=O)C1(C)C. The third-order valence-corrected chi connectivity index (χ3v) is 3.62. The Morgan fingerprint density at radius 2 is 1.53 bits per heavy atom. The molecule has 1 atom stereocenters. The van der Waals surface area contributed by atoms with Gasteiger partial charge < -0.3 is 9.47 Å². The van der Waals surface area contributed by atoms with Crippen LogP contribution < -0.4 is 0 Å². The molecule has 4 heteroatoms. The molecular weight excluding hydrogens is 244 g/mol. The molecule has 1 aliphatic heterocycles. The highest BCUT2D eigenvalue weighted by Crippen LogP contribution is 2.62. The summed E-state index contributed by atoms with van der Waals surface area (Å²) in [6, 6.07) is 0. The molecule has 0 spiro atoms. The maximum Gasteiger partial charge on any atom is 0.324 e. The number of cyclic esters (lactones) is 2. The number of hydrogen-bond acceptors (Lipinski definition) is 4. The van der Waals surface area contributed by atoms with Crippen LogP contribution in [0.2, 0.25) is 0 Å². The molecule has 0 aromatic rings. The van der Waals surface area contributed by atoms with Crippen molar-refractivity contribution in [3.05, 3.63) is 16.9 Å². The molecule has 0 bridgehead atoms. The van der Waals surface area contributed by atoms with Gasteiger partial charge in [-0.2, -0.15) is 0 Å². The number of hydrogen-bond donors (Lipinski definition) is 0. The molecule has 1 heterocycles. The molecule has 4 nitrogen and oxygen atoms in total. The predicted octanol–water partition coefficient (Wildman–Crippen LogP) is 2.59. The van der Waals surface area contributed by atoms with E-state index in [1.54, 1.807) is 13.8 Å². The summed E-state index contributed by atoms with van der Waals surface area (Å²) in [5.74, 6) is -3.18. The van der Waals surface area contributed by atoms with Gasteiger partial charge in [0, 0.05) is 25.2 Å². The minimum absolute atomic E-state index is 0.168. The minimum atomic E-state index is -1.16. The number of esters is 2. The monoisotopic (exact) mass is 264 g/mol. The molecule has 0 aromatic carbocycles. The van der Waals surface area contributed by atoms with Crippen LogP contribution in [0.3, 0.4) is 0 Å². The van der Waals surface area contributed by atoms with E-state index in [1.807, 2.05) is 27.7 Å².